The van der Waals surface area contributed by atoms with E-state index in [1.165, 1.54) is 23.1 Å². The Morgan fingerprint density at radius 2 is 1.53 bits per heavy atom. The number of aryl methyl sites for hydroxylation is 2. The van der Waals surface area contributed by atoms with Crippen LogP contribution in [0, 0.1) is 13.8 Å². The average molecular weight is 676 g/mol. The number of halogens is 1. The highest BCUT2D eigenvalue weighted by Gasteiger charge is 2.36. The van der Waals surface area contributed by atoms with Gasteiger partial charge >= 0.3 is 0 Å². The van der Waals surface area contributed by atoms with Crippen LogP contribution in [0.25, 0.3) is 0 Å². The van der Waals surface area contributed by atoms with Crippen LogP contribution in [0.1, 0.15) is 43.0 Å². The van der Waals surface area contributed by atoms with Gasteiger partial charge in [0.15, 0.2) is 0 Å². The van der Waals surface area contributed by atoms with Gasteiger partial charge < -0.3 is 15.0 Å². The molecule has 248 valence electrons. The van der Waals surface area contributed by atoms with Crippen LogP contribution in [0.4, 0.5) is 5.69 Å². The van der Waals surface area contributed by atoms with E-state index < -0.39 is 34.1 Å². The molecule has 4 rings (SSSR count). The van der Waals surface area contributed by atoms with Crippen LogP contribution in [0.3, 0.4) is 0 Å². The van der Waals surface area contributed by atoms with E-state index in [1.54, 1.807) is 50.4 Å². The van der Waals surface area contributed by atoms with Crippen molar-refractivity contribution in [3.8, 4) is 5.75 Å². The van der Waals surface area contributed by atoms with Crippen LogP contribution in [-0.4, -0.2) is 50.4 Å². The number of carbonyl (C=O) groups excluding carboxylic acids is 2. The van der Waals surface area contributed by atoms with Gasteiger partial charge in [-0.25, -0.2) is 8.42 Å². The second-order valence-electron chi connectivity index (χ2n) is 12.6. The number of methoxy groups -OCH3 is 1. The van der Waals surface area contributed by atoms with Crippen molar-refractivity contribution in [1.29, 1.82) is 0 Å². The number of hydrogen-bond acceptors (Lipinski definition) is 5. The molecule has 0 bridgehead atoms. The number of carbonyl (C=O) groups is 2. The van der Waals surface area contributed by atoms with Gasteiger partial charge in [0.1, 0.15) is 18.3 Å². The molecule has 1 N–H and O–H groups in total. The summed E-state index contributed by atoms with van der Waals surface area (Å²) in [7, 11) is -2.70. The third-order valence-electron chi connectivity index (χ3n) is 7.58. The molecule has 47 heavy (non-hydrogen) atoms. The summed E-state index contributed by atoms with van der Waals surface area (Å²) in [5.41, 5.74) is 2.75. The zero-order valence-corrected chi connectivity index (χ0v) is 29.2. The minimum atomic E-state index is -4.25. The molecule has 0 radical (unpaired) electrons. The van der Waals surface area contributed by atoms with E-state index in [2.05, 4.69) is 5.32 Å². The maximum absolute atomic E-state index is 14.7. The zero-order chi connectivity index (χ0) is 34.4. The predicted octanol–water partition coefficient (Wildman–Crippen LogP) is 6.72. The van der Waals surface area contributed by atoms with E-state index in [0.717, 1.165) is 15.4 Å². The molecule has 0 aromatic heterocycles. The largest absolute Gasteiger partial charge is 0.497 e. The van der Waals surface area contributed by atoms with Gasteiger partial charge in [-0.3, -0.25) is 13.9 Å². The number of rotatable bonds is 12. The van der Waals surface area contributed by atoms with Gasteiger partial charge in [0.2, 0.25) is 11.8 Å². The van der Waals surface area contributed by atoms with Gasteiger partial charge in [-0.15, -0.1) is 0 Å². The van der Waals surface area contributed by atoms with Crippen molar-refractivity contribution in [2.45, 2.75) is 64.1 Å². The first-order valence-corrected chi connectivity index (χ1v) is 17.1. The molecule has 4 aromatic carbocycles. The SMILES string of the molecule is COc1cccc(CN(C(=O)CN(c2cc(Cl)ccc2C)S(=O)(=O)c2ccc(C)cc2)[C@@H](Cc2ccccc2)C(=O)NC(C)(C)C)c1. The standard InChI is InChI=1S/C37H42ClN3O5S/c1-26-15-19-32(20-16-26)47(44,45)41(33-23-30(38)18-17-27(33)2)25-35(42)40(24-29-13-10-14-31(21-29)46-6)34(36(43)39-37(3,4)5)22-28-11-8-7-9-12-28/h7-21,23,34H,22,24-25H2,1-6H3,(H,39,43)/t34-/m0/s1. The Kier molecular flexibility index (Phi) is 11.4. The predicted molar refractivity (Wildman–Crippen MR) is 187 cm³/mol. The van der Waals surface area contributed by atoms with Gasteiger partial charge in [0.25, 0.3) is 10.0 Å². The Morgan fingerprint density at radius 3 is 2.17 bits per heavy atom. The van der Waals surface area contributed by atoms with Crippen LogP contribution < -0.4 is 14.4 Å². The first kappa shape index (κ1) is 35.5. The van der Waals surface area contributed by atoms with Crippen LogP contribution in [0.2, 0.25) is 5.02 Å². The fraction of sp³-hybridized carbons (Fsp3) is 0.297. The topological polar surface area (TPSA) is 96.0 Å². The van der Waals surface area contributed by atoms with Crippen LogP contribution in [0.15, 0.2) is 102 Å². The van der Waals surface area contributed by atoms with Crippen molar-refractivity contribution in [2.24, 2.45) is 0 Å². The number of benzene rings is 4. The van der Waals surface area contributed by atoms with Crippen LogP contribution in [-0.2, 0) is 32.6 Å². The number of sulfonamides is 1. The molecule has 0 fully saturated rings. The summed E-state index contributed by atoms with van der Waals surface area (Å²) < 4.78 is 35.1. The van der Waals surface area contributed by atoms with Crippen molar-refractivity contribution in [1.82, 2.24) is 10.2 Å². The molecule has 4 aromatic rings. The smallest absolute Gasteiger partial charge is 0.264 e. The Bertz CT molecular complexity index is 1810. The number of nitrogens with zero attached hydrogens (tertiary/aromatic N) is 2. The second-order valence-corrected chi connectivity index (χ2v) is 14.9. The number of amides is 2. The van der Waals surface area contributed by atoms with Gasteiger partial charge in [-0.05, 0) is 87.7 Å². The number of anilines is 1. The lowest BCUT2D eigenvalue weighted by Crippen LogP contribution is -2.56. The molecule has 0 aliphatic carbocycles. The lowest BCUT2D eigenvalue weighted by molar-refractivity contribution is -0.140. The maximum atomic E-state index is 14.7. The number of hydrogen-bond donors (Lipinski definition) is 1. The van der Waals surface area contributed by atoms with Crippen molar-refractivity contribution < 1.29 is 22.7 Å². The molecule has 0 saturated carbocycles. The van der Waals surface area contributed by atoms with E-state index in [0.29, 0.717) is 21.9 Å². The van der Waals surface area contributed by atoms with Gasteiger partial charge in [-0.2, -0.15) is 0 Å². The van der Waals surface area contributed by atoms with Gasteiger partial charge in [0, 0.05) is 23.5 Å². The fourth-order valence-electron chi connectivity index (χ4n) is 5.18. The third-order valence-corrected chi connectivity index (χ3v) is 9.59. The minimum Gasteiger partial charge on any atom is -0.497 e. The highest BCUT2D eigenvalue weighted by molar-refractivity contribution is 7.92. The lowest BCUT2D eigenvalue weighted by Gasteiger charge is -2.35. The van der Waals surface area contributed by atoms with E-state index in [1.807, 2.05) is 70.2 Å². The van der Waals surface area contributed by atoms with Crippen LogP contribution in [0.5, 0.6) is 5.75 Å². The summed E-state index contributed by atoms with van der Waals surface area (Å²) in [5.74, 6) is -0.330. The average Bonchev–Trinajstić information content (AvgIpc) is 3.02. The molecule has 10 heteroatoms. The summed E-state index contributed by atoms with van der Waals surface area (Å²) in [4.78, 5) is 30.2. The second kappa shape index (κ2) is 15.0. The Labute approximate surface area is 283 Å². The Hall–Kier alpha value is -4.34. The zero-order valence-electron chi connectivity index (χ0n) is 27.7. The molecule has 0 aliphatic rings. The maximum Gasteiger partial charge on any atom is 0.264 e. The third kappa shape index (κ3) is 9.36. The quantitative estimate of drug-likeness (QED) is 0.180. The summed E-state index contributed by atoms with van der Waals surface area (Å²) in [6.07, 6.45) is 0.208. The summed E-state index contributed by atoms with van der Waals surface area (Å²) in [6, 6.07) is 27.1. The van der Waals surface area contributed by atoms with Crippen molar-refractivity contribution >= 4 is 39.1 Å². The normalized spacial score (nSPS) is 12.2. The molecule has 0 aliphatic heterocycles. The molecule has 8 nitrogen and oxygen atoms in total. The molecule has 0 saturated heterocycles. The molecule has 0 heterocycles. The fourth-order valence-corrected chi connectivity index (χ4v) is 6.81. The molecular formula is C37H42ClN3O5S. The number of ether oxygens (including phenoxy) is 1. The molecule has 1 atom stereocenters. The summed E-state index contributed by atoms with van der Waals surface area (Å²) in [5, 5.41) is 3.36. The lowest BCUT2D eigenvalue weighted by atomic mass is 10.0. The van der Waals surface area contributed by atoms with Gasteiger partial charge in [0.05, 0.1) is 17.7 Å². The highest BCUT2D eigenvalue weighted by atomic mass is 35.5. The van der Waals surface area contributed by atoms with Crippen LogP contribution >= 0.6 is 11.6 Å². The van der Waals surface area contributed by atoms with Gasteiger partial charge in [-0.1, -0.05) is 77.8 Å². The molecule has 0 unspecified atom stereocenters. The number of nitrogens with one attached hydrogen (secondary N) is 1. The highest BCUT2D eigenvalue weighted by Crippen LogP contribution is 2.30. The van der Waals surface area contributed by atoms with Crippen molar-refractivity contribution in [3.05, 3.63) is 124 Å². The van der Waals surface area contributed by atoms with E-state index in [9.17, 15) is 18.0 Å². The van der Waals surface area contributed by atoms with E-state index in [-0.39, 0.29) is 29.5 Å². The van der Waals surface area contributed by atoms with Crippen molar-refractivity contribution in [3.63, 3.8) is 0 Å². The molecule has 2 amide bonds. The Balaban J connectivity index is 1.86. The van der Waals surface area contributed by atoms with E-state index >= 15 is 0 Å². The summed E-state index contributed by atoms with van der Waals surface area (Å²) >= 11 is 6.37. The molecule has 0 spiro atoms. The summed E-state index contributed by atoms with van der Waals surface area (Å²) in [6.45, 7) is 8.69. The first-order valence-electron chi connectivity index (χ1n) is 15.3. The van der Waals surface area contributed by atoms with E-state index in [4.69, 9.17) is 16.3 Å². The monoisotopic (exact) mass is 675 g/mol. The minimum absolute atomic E-state index is 0.0258. The first-order chi connectivity index (χ1) is 22.2. The Morgan fingerprint density at radius 1 is 0.872 bits per heavy atom. The molecular weight excluding hydrogens is 634 g/mol. The van der Waals surface area contributed by atoms with Crippen molar-refractivity contribution in [2.75, 3.05) is 18.0 Å².